The summed E-state index contributed by atoms with van der Waals surface area (Å²) in [5, 5.41) is -0.162. The van der Waals surface area contributed by atoms with Crippen molar-refractivity contribution in [3.63, 3.8) is 0 Å². The molecule has 2 aromatic rings. The smallest absolute Gasteiger partial charge is 0.200 e. The molecular weight excluding hydrogens is 216 g/mol. The third-order valence-corrected chi connectivity index (χ3v) is 2.28. The number of hydrogen-bond acceptors (Lipinski definition) is 2. The van der Waals surface area contributed by atoms with Crippen molar-refractivity contribution in [1.82, 2.24) is 4.98 Å². The van der Waals surface area contributed by atoms with E-state index in [1.54, 1.807) is 0 Å². The fraction of sp³-hybridized carbons (Fsp3) is 0.0909. The Morgan fingerprint density at radius 1 is 1.31 bits per heavy atom. The topological polar surface area (TPSA) is 49.9 Å². The van der Waals surface area contributed by atoms with Gasteiger partial charge in [0.25, 0.3) is 0 Å². The van der Waals surface area contributed by atoms with Crippen molar-refractivity contribution >= 4 is 16.7 Å². The highest BCUT2D eigenvalue weighted by atomic mass is 19.1. The van der Waals surface area contributed by atoms with Gasteiger partial charge in [0.1, 0.15) is 11.6 Å². The van der Waals surface area contributed by atoms with Crippen LogP contribution in [0, 0.1) is 11.6 Å². The number of fused-ring (bicyclic) bond motifs is 1. The zero-order chi connectivity index (χ0) is 11.9. The molecule has 5 heteroatoms. The minimum atomic E-state index is -0.859. The Morgan fingerprint density at radius 2 is 2.00 bits per heavy atom. The molecule has 0 spiro atoms. The fourth-order valence-corrected chi connectivity index (χ4v) is 1.52. The lowest BCUT2D eigenvalue weighted by Gasteiger charge is -2.01. The van der Waals surface area contributed by atoms with Gasteiger partial charge in [0, 0.05) is 12.3 Å². The summed E-state index contributed by atoms with van der Waals surface area (Å²) >= 11 is 0. The van der Waals surface area contributed by atoms with Gasteiger partial charge in [-0.1, -0.05) is 0 Å². The number of pyridine rings is 1. The van der Waals surface area contributed by atoms with Gasteiger partial charge < -0.3 is 4.98 Å². The highest BCUT2D eigenvalue weighted by molar-refractivity contribution is 5.97. The minimum Gasteiger partial charge on any atom is -0.358 e. The van der Waals surface area contributed by atoms with E-state index in [0.29, 0.717) is 6.07 Å². The first kappa shape index (κ1) is 10.5. The lowest BCUT2D eigenvalue weighted by atomic mass is 10.1. The third kappa shape index (κ3) is 1.50. The second-order valence-corrected chi connectivity index (χ2v) is 3.40. The highest BCUT2D eigenvalue weighted by Crippen LogP contribution is 2.14. The van der Waals surface area contributed by atoms with Gasteiger partial charge in [0.2, 0.25) is 0 Å². The Labute approximate surface area is 88.7 Å². The molecule has 0 aliphatic carbocycles. The molecule has 0 aliphatic heterocycles. The number of nitrogens with one attached hydrogen (secondary N) is 1. The fourth-order valence-electron chi connectivity index (χ4n) is 1.52. The summed E-state index contributed by atoms with van der Waals surface area (Å²) in [6.45, 7) is 1.21. The summed E-state index contributed by atoms with van der Waals surface area (Å²) < 4.78 is 26.2. The number of carbonyl (C=O) groups excluding carboxylic acids is 1. The number of aromatic amines is 1. The van der Waals surface area contributed by atoms with Crippen LogP contribution < -0.4 is 5.43 Å². The molecule has 0 saturated carbocycles. The van der Waals surface area contributed by atoms with E-state index in [4.69, 9.17) is 0 Å². The number of Topliss-reactive ketones (excluding diaryl/α,β-unsaturated/α-hetero) is 1. The van der Waals surface area contributed by atoms with Gasteiger partial charge in [-0.2, -0.15) is 0 Å². The predicted molar refractivity (Wildman–Crippen MR) is 54.5 cm³/mol. The van der Waals surface area contributed by atoms with Crippen LogP contribution in [0.1, 0.15) is 17.3 Å². The molecule has 0 atom stereocenters. The number of benzene rings is 1. The molecule has 0 fully saturated rings. The number of rotatable bonds is 1. The quantitative estimate of drug-likeness (QED) is 0.752. The molecule has 3 nitrogen and oxygen atoms in total. The van der Waals surface area contributed by atoms with Crippen LogP contribution in [-0.2, 0) is 0 Å². The van der Waals surface area contributed by atoms with E-state index in [1.165, 1.54) is 6.92 Å². The first-order valence-corrected chi connectivity index (χ1v) is 4.52. The Hall–Kier alpha value is -2.04. The van der Waals surface area contributed by atoms with Gasteiger partial charge in [-0.05, 0) is 13.0 Å². The second-order valence-electron chi connectivity index (χ2n) is 3.40. The molecule has 0 saturated heterocycles. The van der Waals surface area contributed by atoms with Crippen LogP contribution in [-0.4, -0.2) is 10.8 Å². The monoisotopic (exact) mass is 223 g/mol. The summed E-state index contributed by atoms with van der Waals surface area (Å²) in [4.78, 5) is 25.2. The molecule has 0 bridgehead atoms. The highest BCUT2D eigenvalue weighted by Gasteiger charge is 2.12. The first-order chi connectivity index (χ1) is 7.50. The van der Waals surface area contributed by atoms with Crippen LogP contribution in [0.25, 0.3) is 10.9 Å². The van der Waals surface area contributed by atoms with Crippen molar-refractivity contribution < 1.29 is 13.6 Å². The summed E-state index contributed by atoms with van der Waals surface area (Å²) in [6.07, 6.45) is 1.13. The molecule has 16 heavy (non-hydrogen) atoms. The van der Waals surface area contributed by atoms with E-state index in [-0.39, 0.29) is 16.5 Å². The maximum atomic E-state index is 13.3. The SMILES string of the molecule is CC(=O)c1c[nH]c2c(F)cc(F)cc2c1=O. The Balaban J connectivity index is 2.95. The van der Waals surface area contributed by atoms with Gasteiger partial charge in [0.05, 0.1) is 16.5 Å². The Morgan fingerprint density at radius 3 is 2.62 bits per heavy atom. The lowest BCUT2D eigenvalue weighted by molar-refractivity contribution is 0.101. The minimum absolute atomic E-state index is 0.101. The van der Waals surface area contributed by atoms with Crippen molar-refractivity contribution in [3.05, 3.63) is 45.8 Å². The number of ketones is 1. The molecule has 0 amide bonds. The van der Waals surface area contributed by atoms with Crippen molar-refractivity contribution in [1.29, 1.82) is 0 Å². The van der Waals surface area contributed by atoms with Crippen molar-refractivity contribution in [3.8, 4) is 0 Å². The average molecular weight is 223 g/mol. The van der Waals surface area contributed by atoms with Crippen LogP contribution in [0.2, 0.25) is 0 Å². The standard InChI is InChI=1S/C11H7F2NO2/c1-5(15)8-4-14-10-7(11(8)16)2-6(12)3-9(10)13/h2-4H,1H3,(H,14,16). The Bertz CT molecular complexity index is 646. The molecular formula is C11H7F2NO2. The van der Waals surface area contributed by atoms with E-state index >= 15 is 0 Å². The van der Waals surface area contributed by atoms with Gasteiger partial charge in [-0.25, -0.2) is 8.78 Å². The molecule has 0 aliphatic rings. The van der Waals surface area contributed by atoms with E-state index in [9.17, 15) is 18.4 Å². The second kappa shape index (κ2) is 3.52. The van der Waals surface area contributed by atoms with Gasteiger partial charge in [-0.15, -0.1) is 0 Å². The van der Waals surface area contributed by atoms with Crippen LogP contribution in [0.15, 0.2) is 23.1 Å². The maximum Gasteiger partial charge on any atom is 0.200 e. The molecule has 0 radical (unpaired) electrons. The molecule has 0 unspecified atom stereocenters. The van der Waals surface area contributed by atoms with Crippen LogP contribution in [0.4, 0.5) is 8.78 Å². The molecule has 2 rings (SSSR count). The lowest BCUT2D eigenvalue weighted by Crippen LogP contribution is -2.14. The maximum absolute atomic E-state index is 13.3. The summed E-state index contributed by atoms with van der Waals surface area (Å²) in [7, 11) is 0. The number of hydrogen-bond donors (Lipinski definition) is 1. The van der Waals surface area contributed by atoms with E-state index in [0.717, 1.165) is 12.3 Å². The molecule has 82 valence electrons. The zero-order valence-corrected chi connectivity index (χ0v) is 8.30. The third-order valence-electron chi connectivity index (χ3n) is 2.28. The van der Waals surface area contributed by atoms with E-state index in [2.05, 4.69) is 4.98 Å². The average Bonchev–Trinajstić information content (AvgIpc) is 2.19. The normalized spacial score (nSPS) is 10.7. The molecule has 1 N–H and O–H groups in total. The van der Waals surface area contributed by atoms with Gasteiger partial charge >= 0.3 is 0 Å². The van der Waals surface area contributed by atoms with Crippen molar-refractivity contribution in [2.75, 3.05) is 0 Å². The van der Waals surface area contributed by atoms with E-state index < -0.39 is 22.8 Å². The van der Waals surface area contributed by atoms with E-state index in [1.807, 2.05) is 0 Å². The predicted octanol–water partition coefficient (Wildman–Crippen LogP) is 2.01. The molecule has 1 aromatic heterocycles. The zero-order valence-electron chi connectivity index (χ0n) is 8.30. The first-order valence-electron chi connectivity index (χ1n) is 4.52. The summed E-state index contributed by atoms with van der Waals surface area (Å²) in [5.41, 5.74) is -0.881. The van der Waals surface area contributed by atoms with Gasteiger partial charge in [0.15, 0.2) is 11.2 Å². The van der Waals surface area contributed by atoms with Crippen LogP contribution in [0.5, 0.6) is 0 Å². The van der Waals surface area contributed by atoms with Crippen molar-refractivity contribution in [2.45, 2.75) is 6.92 Å². The largest absolute Gasteiger partial charge is 0.358 e. The van der Waals surface area contributed by atoms with Crippen LogP contribution >= 0.6 is 0 Å². The summed E-state index contributed by atoms with van der Waals surface area (Å²) in [6, 6.07) is 1.58. The van der Waals surface area contributed by atoms with Gasteiger partial charge in [-0.3, -0.25) is 9.59 Å². The number of aromatic nitrogens is 1. The number of halogens is 2. The van der Waals surface area contributed by atoms with Crippen LogP contribution in [0.3, 0.4) is 0 Å². The van der Waals surface area contributed by atoms with Crippen molar-refractivity contribution in [2.24, 2.45) is 0 Å². The summed E-state index contributed by atoms with van der Waals surface area (Å²) in [5.74, 6) is -2.16. The molecule has 1 aromatic carbocycles. The number of H-pyrrole nitrogens is 1. The number of carbonyl (C=O) groups is 1. The Kier molecular flexibility index (Phi) is 2.30. The molecule has 1 heterocycles.